The second-order valence-electron chi connectivity index (χ2n) is 7.27. The Morgan fingerprint density at radius 2 is 1.79 bits per heavy atom. The van der Waals surface area contributed by atoms with Gasteiger partial charge in [-0.05, 0) is 26.0 Å². The highest BCUT2D eigenvalue weighted by atomic mass is 16.2. The number of nitrogens with one attached hydrogen (secondary N) is 1. The minimum atomic E-state index is -0.0726. The molecule has 1 saturated heterocycles. The van der Waals surface area contributed by atoms with E-state index in [0.717, 1.165) is 37.4 Å². The topological polar surface area (TPSA) is 79.2 Å². The summed E-state index contributed by atoms with van der Waals surface area (Å²) >= 11 is 0. The fourth-order valence-electron chi connectivity index (χ4n) is 3.57. The highest BCUT2D eigenvalue weighted by molar-refractivity contribution is 5.88. The van der Waals surface area contributed by atoms with Gasteiger partial charge in [0, 0.05) is 37.9 Å². The highest BCUT2D eigenvalue weighted by Crippen LogP contribution is 2.25. The summed E-state index contributed by atoms with van der Waals surface area (Å²) in [5.41, 5.74) is 1.94. The molecule has 0 radical (unpaired) electrons. The highest BCUT2D eigenvalue weighted by Gasteiger charge is 2.21. The van der Waals surface area contributed by atoms with E-state index in [-0.39, 0.29) is 18.5 Å². The molecule has 28 heavy (non-hydrogen) atoms. The van der Waals surface area contributed by atoms with Gasteiger partial charge in [0.2, 0.25) is 5.91 Å². The molecule has 2 aromatic heterocycles. The first-order valence-corrected chi connectivity index (χ1v) is 9.62. The van der Waals surface area contributed by atoms with Crippen LogP contribution in [0.1, 0.15) is 13.8 Å². The molecule has 3 heterocycles. The molecular formula is C20H25N7O. The van der Waals surface area contributed by atoms with Crippen LogP contribution in [0, 0.1) is 0 Å². The van der Waals surface area contributed by atoms with Gasteiger partial charge in [-0.2, -0.15) is 5.10 Å². The van der Waals surface area contributed by atoms with E-state index in [0.29, 0.717) is 5.65 Å². The third-order valence-corrected chi connectivity index (χ3v) is 4.86. The van der Waals surface area contributed by atoms with E-state index in [2.05, 4.69) is 54.4 Å². The van der Waals surface area contributed by atoms with Crippen molar-refractivity contribution >= 4 is 28.4 Å². The second-order valence-corrected chi connectivity index (χ2v) is 7.27. The Morgan fingerprint density at radius 1 is 1.07 bits per heavy atom. The zero-order valence-corrected chi connectivity index (χ0v) is 16.2. The first-order valence-electron chi connectivity index (χ1n) is 9.62. The zero-order chi connectivity index (χ0) is 19.5. The van der Waals surface area contributed by atoms with E-state index in [9.17, 15) is 4.79 Å². The summed E-state index contributed by atoms with van der Waals surface area (Å²) in [6.07, 6.45) is 3.32. The standard InChI is InChI=1S/C20H25N7O/c1-15(2)24-18(28)13-27-20-17(12-23-27)19(21-14-22-20)26-10-8-25(9-11-26)16-6-4-3-5-7-16/h3-7,12,14-15H,8-11,13H2,1-2H3,(H,24,28). The Kier molecular flexibility index (Phi) is 5.10. The minimum absolute atomic E-state index is 0.0726. The van der Waals surface area contributed by atoms with E-state index in [1.807, 2.05) is 19.9 Å². The number of hydrogen-bond donors (Lipinski definition) is 1. The largest absolute Gasteiger partial charge is 0.368 e. The van der Waals surface area contributed by atoms with Crippen molar-refractivity contribution in [2.75, 3.05) is 36.0 Å². The monoisotopic (exact) mass is 379 g/mol. The smallest absolute Gasteiger partial charge is 0.242 e. The van der Waals surface area contributed by atoms with Crippen LogP contribution < -0.4 is 15.1 Å². The van der Waals surface area contributed by atoms with Crippen molar-refractivity contribution in [3.05, 3.63) is 42.9 Å². The number of rotatable bonds is 5. The molecule has 0 spiro atoms. The molecule has 3 aromatic rings. The molecule has 1 amide bonds. The molecule has 0 aliphatic carbocycles. The summed E-state index contributed by atoms with van der Waals surface area (Å²) < 4.78 is 1.64. The van der Waals surface area contributed by atoms with Gasteiger partial charge >= 0.3 is 0 Å². The summed E-state index contributed by atoms with van der Waals surface area (Å²) in [5, 5.41) is 8.14. The van der Waals surface area contributed by atoms with Crippen molar-refractivity contribution in [2.45, 2.75) is 26.4 Å². The van der Waals surface area contributed by atoms with Crippen LogP contribution in [-0.2, 0) is 11.3 Å². The third-order valence-electron chi connectivity index (χ3n) is 4.86. The maximum absolute atomic E-state index is 12.1. The molecule has 1 aromatic carbocycles. The van der Waals surface area contributed by atoms with Crippen molar-refractivity contribution in [1.82, 2.24) is 25.1 Å². The molecule has 0 bridgehead atoms. The lowest BCUT2D eigenvalue weighted by atomic mass is 10.2. The molecule has 1 aliphatic rings. The van der Waals surface area contributed by atoms with Gasteiger partial charge in [0.1, 0.15) is 18.7 Å². The maximum Gasteiger partial charge on any atom is 0.242 e. The molecule has 8 nitrogen and oxygen atoms in total. The van der Waals surface area contributed by atoms with Crippen LogP contribution in [-0.4, -0.2) is 57.9 Å². The average molecular weight is 379 g/mol. The molecule has 0 saturated carbocycles. The number of hydrogen-bond acceptors (Lipinski definition) is 6. The first kappa shape index (κ1) is 18.2. The summed E-state index contributed by atoms with van der Waals surface area (Å²) in [6, 6.07) is 10.6. The molecule has 1 aliphatic heterocycles. The number of para-hydroxylation sites is 1. The third kappa shape index (κ3) is 3.76. The van der Waals surface area contributed by atoms with E-state index >= 15 is 0 Å². The van der Waals surface area contributed by atoms with E-state index in [1.165, 1.54) is 5.69 Å². The van der Waals surface area contributed by atoms with Gasteiger partial charge in [-0.15, -0.1) is 0 Å². The lowest BCUT2D eigenvalue weighted by molar-refractivity contribution is -0.122. The SMILES string of the molecule is CC(C)NC(=O)Cn1ncc2c(N3CCN(c4ccccc4)CC3)ncnc21. The van der Waals surface area contributed by atoms with Crippen LogP contribution in [0.25, 0.3) is 11.0 Å². The Bertz CT molecular complexity index is 946. The first-order chi connectivity index (χ1) is 13.6. The quantitative estimate of drug-likeness (QED) is 0.727. The minimum Gasteiger partial charge on any atom is -0.368 e. The number of carbonyl (C=O) groups excluding carboxylic acids is 1. The molecule has 8 heteroatoms. The predicted octanol–water partition coefficient (Wildman–Crippen LogP) is 1.68. The van der Waals surface area contributed by atoms with Gasteiger partial charge < -0.3 is 15.1 Å². The number of carbonyl (C=O) groups is 1. The van der Waals surface area contributed by atoms with Gasteiger partial charge in [-0.25, -0.2) is 14.6 Å². The number of anilines is 2. The summed E-state index contributed by atoms with van der Waals surface area (Å²) in [5.74, 6) is 0.810. The predicted molar refractivity (Wildman–Crippen MR) is 109 cm³/mol. The molecule has 0 atom stereocenters. The molecule has 4 rings (SSSR count). The Morgan fingerprint density at radius 3 is 2.50 bits per heavy atom. The lowest BCUT2D eigenvalue weighted by Gasteiger charge is -2.36. The number of benzene rings is 1. The summed E-state index contributed by atoms with van der Waals surface area (Å²) in [7, 11) is 0. The second kappa shape index (κ2) is 7.84. The number of amides is 1. The number of fused-ring (bicyclic) bond motifs is 1. The van der Waals surface area contributed by atoms with Gasteiger partial charge in [0.25, 0.3) is 0 Å². The molecule has 1 N–H and O–H groups in total. The van der Waals surface area contributed by atoms with Gasteiger partial charge in [0.05, 0.1) is 11.6 Å². The van der Waals surface area contributed by atoms with E-state index in [1.54, 1.807) is 17.2 Å². The fourth-order valence-corrected chi connectivity index (χ4v) is 3.57. The maximum atomic E-state index is 12.1. The van der Waals surface area contributed by atoms with Crippen molar-refractivity contribution in [3.63, 3.8) is 0 Å². The van der Waals surface area contributed by atoms with Crippen LogP contribution in [0.15, 0.2) is 42.9 Å². The summed E-state index contributed by atoms with van der Waals surface area (Å²) in [6.45, 7) is 7.64. The van der Waals surface area contributed by atoms with Crippen molar-refractivity contribution in [1.29, 1.82) is 0 Å². The Labute approximate surface area is 164 Å². The van der Waals surface area contributed by atoms with Crippen molar-refractivity contribution < 1.29 is 4.79 Å². The average Bonchev–Trinajstić information content (AvgIpc) is 3.11. The van der Waals surface area contributed by atoms with Crippen LogP contribution in [0.4, 0.5) is 11.5 Å². The summed E-state index contributed by atoms with van der Waals surface area (Å²) in [4.78, 5) is 25.6. The number of piperazine rings is 1. The Hall–Kier alpha value is -3.16. The van der Waals surface area contributed by atoms with E-state index < -0.39 is 0 Å². The zero-order valence-electron chi connectivity index (χ0n) is 16.2. The van der Waals surface area contributed by atoms with Gasteiger partial charge in [-0.1, -0.05) is 18.2 Å². The lowest BCUT2D eigenvalue weighted by Crippen LogP contribution is -2.46. The molecular weight excluding hydrogens is 354 g/mol. The molecule has 146 valence electrons. The number of nitrogens with zero attached hydrogens (tertiary/aromatic N) is 6. The van der Waals surface area contributed by atoms with Crippen molar-refractivity contribution in [3.8, 4) is 0 Å². The van der Waals surface area contributed by atoms with Crippen LogP contribution in [0.5, 0.6) is 0 Å². The number of aromatic nitrogens is 4. The van der Waals surface area contributed by atoms with E-state index in [4.69, 9.17) is 0 Å². The Balaban J connectivity index is 1.50. The normalized spacial score (nSPS) is 14.7. The molecule has 0 unspecified atom stereocenters. The fraction of sp³-hybridized carbons (Fsp3) is 0.400. The van der Waals surface area contributed by atoms with Crippen molar-refractivity contribution in [2.24, 2.45) is 0 Å². The molecule has 1 fully saturated rings. The van der Waals surface area contributed by atoms with Gasteiger partial charge in [0.15, 0.2) is 5.65 Å². The van der Waals surface area contributed by atoms with Crippen LogP contribution >= 0.6 is 0 Å². The van der Waals surface area contributed by atoms with Crippen LogP contribution in [0.3, 0.4) is 0 Å². The van der Waals surface area contributed by atoms with Crippen LogP contribution in [0.2, 0.25) is 0 Å². The van der Waals surface area contributed by atoms with Gasteiger partial charge in [-0.3, -0.25) is 4.79 Å².